The number of nitrogens with one attached hydrogen (secondary N) is 1. The second-order valence-electron chi connectivity index (χ2n) is 3.87. The van der Waals surface area contributed by atoms with E-state index in [0.717, 1.165) is 12.2 Å². The summed E-state index contributed by atoms with van der Waals surface area (Å²) in [4.78, 5) is 9.88. The first-order valence-corrected chi connectivity index (χ1v) is 6.89. The molecule has 6 heteroatoms. The van der Waals surface area contributed by atoms with Gasteiger partial charge < -0.3 is 14.8 Å². The Morgan fingerprint density at radius 1 is 1.37 bits per heavy atom. The summed E-state index contributed by atoms with van der Waals surface area (Å²) in [5.41, 5.74) is 0. The molecule has 0 radical (unpaired) electrons. The third-order valence-electron chi connectivity index (χ3n) is 2.46. The molecule has 1 N–H and O–H groups in total. The largest absolute Gasteiger partial charge is 0.477 e. The molecule has 0 saturated heterocycles. The molecule has 0 fully saturated rings. The number of thiophene rings is 1. The summed E-state index contributed by atoms with van der Waals surface area (Å²) in [7, 11) is 3.43. The Morgan fingerprint density at radius 3 is 2.95 bits per heavy atom. The van der Waals surface area contributed by atoms with Gasteiger partial charge in [-0.2, -0.15) is 4.98 Å². The van der Waals surface area contributed by atoms with Crippen LogP contribution in [0, 0.1) is 0 Å². The molecule has 0 atom stereocenters. The molecular formula is C13H17N3O2S. The highest BCUT2D eigenvalue weighted by atomic mass is 32.1. The highest BCUT2D eigenvalue weighted by Gasteiger charge is 2.05. The normalized spacial score (nSPS) is 10.4. The number of ether oxygens (including phenoxy) is 2. The summed E-state index contributed by atoms with van der Waals surface area (Å²) in [6, 6.07) is 5.93. The standard InChI is InChI=1S/C13H17N3O2S/c1-14-11-8-13(16-12(15-11)9-17-2)18-6-5-10-4-3-7-19-10/h3-4,7-8H,5-6,9H2,1-2H3,(H,14,15,16). The molecule has 5 nitrogen and oxygen atoms in total. The Morgan fingerprint density at radius 2 is 2.26 bits per heavy atom. The third kappa shape index (κ3) is 4.18. The van der Waals surface area contributed by atoms with E-state index in [1.54, 1.807) is 24.5 Å². The van der Waals surface area contributed by atoms with E-state index in [0.29, 0.717) is 24.9 Å². The molecule has 2 heterocycles. The lowest BCUT2D eigenvalue weighted by molar-refractivity contribution is 0.176. The zero-order valence-electron chi connectivity index (χ0n) is 11.0. The van der Waals surface area contributed by atoms with Gasteiger partial charge in [0.2, 0.25) is 5.88 Å². The number of nitrogens with zero attached hydrogens (tertiary/aromatic N) is 2. The highest BCUT2D eigenvalue weighted by Crippen LogP contribution is 2.15. The van der Waals surface area contributed by atoms with Crippen LogP contribution in [0.5, 0.6) is 5.88 Å². The van der Waals surface area contributed by atoms with Crippen LogP contribution in [0.1, 0.15) is 10.7 Å². The predicted molar refractivity (Wildman–Crippen MR) is 75.8 cm³/mol. The number of anilines is 1. The molecule has 0 spiro atoms. The van der Waals surface area contributed by atoms with Crippen LogP contribution < -0.4 is 10.1 Å². The number of rotatable bonds is 7. The van der Waals surface area contributed by atoms with E-state index < -0.39 is 0 Å². The minimum absolute atomic E-state index is 0.372. The van der Waals surface area contributed by atoms with E-state index in [4.69, 9.17) is 9.47 Å². The molecule has 0 aliphatic carbocycles. The molecule has 2 aromatic heterocycles. The number of aromatic nitrogens is 2. The van der Waals surface area contributed by atoms with Crippen molar-refractivity contribution in [1.82, 2.24) is 9.97 Å². The summed E-state index contributed by atoms with van der Waals surface area (Å²) in [6.07, 6.45) is 0.885. The maximum Gasteiger partial charge on any atom is 0.218 e. The molecule has 0 bridgehead atoms. The SMILES string of the molecule is CNc1cc(OCCc2cccs2)nc(COC)n1. The van der Waals surface area contributed by atoms with Crippen molar-refractivity contribution in [3.05, 3.63) is 34.3 Å². The van der Waals surface area contributed by atoms with Crippen LogP contribution >= 0.6 is 11.3 Å². The van der Waals surface area contributed by atoms with Crippen molar-refractivity contribution >= 4 is 17.2 Å². The third-order valence-corrected chi connectivity index (χ3v) is 3.39. The Bertz CT molecular complexity index is 503. The summed E-state index contributed by atoms with van der Waals surface area (Å²) in [6.45, 7) is 0.976. The summed E-state index contributed by atoms with van der Waals surface area (Å²) in [5.74, 6) is 1.91. The lowest BCUT2D eigenvalue weighted by Crippen LogP contribution is -2.06. The maximum absolute atomic E-state index is 5.67. The first-order valence-electron chi connectivity index (χ1n) is 6.01. The van der Waals surface area contributed by atoms with Crippen molar-refractivity contribution in [2.45, 2.75) is 13.0 Å². The fourth-order valence-electron chi connectivity index (χ4n) is 1.58. The topological polar surface area (TPSA) is 56.3 Å². The predicted octanol–water partition coefficient (Wildman–Crippen LogP) is 2.35. The summed E-state index contributed by atoms with van der Waals surface area (Å²) >= 11 is 1.73. The van der Waals surface area contributed by atoms with Gasteiger partial charge in [0.25, 0.3) is 0 Å². The molecule has 0 aromatic carbocycles. The average molecular weight is 279 g/mol. The Balaban J connectivity index is 1.96. The van der Waals surface area contributed by atoms with E-state index in [1.165, 1.54) is 4.88 Å². The van der Waals surface area contributed by atoms with Crippen LogP contribution in [0.15, 0.2) is 23.6 Å². The molecule has 2 rings (SSSR count). The second-order valence-corrected chi connectivity index (χ2v) is 4.90. The van der Waals surface area contributed by atoms with E-state index in [1.807, 2.05) is 13.1 Å². The molecule has 0 saturated carbocycles. The van der Waals surface area contributed by atoms with Gasteiger partial charge >= 0.3 is 0 Å². The zero-order chi connectivity index (χ0) is 13.5. The molecule has 0 unspecified atom stereocenters. The fourth-order valence-corrected chi connectivity index (χ4v) is 2.27. The molecule has 102 valence electrons. The molecule has 0 amide bonds. The molecular weight excluding hydrogens is 262 g/mol. The van der Waals surface area contributed by atoms with Crippen LogP contribution in [0.2, 0.25) is 0 Å². The van der Waals surface area contributed by atoms with Crippen LogP contribution in [-0.2, 0) is 17.8 Å². The van der Waals surface area contributed by atoms with E-state index in [9.17, 15) is 0 Å². The van der Waals surface area contributed by atoms with Crippen molar-refractivity contribution in [3.63, 3.8) is 0 Å². The zero-order valence-corrected chi connectivity index (χ0v) is 11.9. The van der Waals surface area contributed by atoms with Gasteiger partial charge in [-0.3, -0.25) is 0 Å². The van der Waals surface area contributed by atoms with Gasteiger partial charge in [0.1, 0.15) is 12.4 Å². The van der Waals surface area contributed by atoms with Gasteiger partial charge in [-0.25, -0.2) is 4.98 Å². The molecule has 19 heavy (non-hydrogen) atoms. The monoisotopic (exact) mass is 279 g/mol. The Hall–Kier alpha value is -1.66. The Kier molecular flexibility index (Phi) is 5.11. The lowest BCUT2D eigenvalue weighted by Gasteiger charge is -2.08. The minimum atomic E-state index is 0.372. The maximum atomic E-state index is 5.67. The van der Waals surface area contributed by atoms with Gasteiger partial charge in [0.15, 0.2) is 5.82 Å². The summed E-state index contributed by atoms with van der Waals surface area (Å²) in [5, 5.41) is 5.05. The van der Waals surface area contributed by atoms with Crippen LogP contribution in [0.4, 0.5) is 5.82 Å². The first-order chi connectivity index (χ1) is 9.31. The number of hydrogen-bond donors (Lipinski definition) is 1. The van der Waals surface area contributed by atoms with Gasteiger partial charge in [-0.05, 0) is 11.4 Å². The summed E-state index contributed by atoms with van der Waals surface area (Å²) < 4.78 is 10.7. The lowest BCUT2D eigenvalue weighted by atomic mass is 10.4. The number of methoxy groups -OCH3 is 1. The minimum Gasteiger partial charge on any atom is -0.477 e. The Labute approximate surface area is 116 Å². The van der Waals surface area contributed by atoms with Gasteiger partial charge in [-0.15, -0.1) is 11.3 Å². The van der Waals surface area contributed by atoms with E-state index >= 15 is 0 Å². The van der Waals surface area contributed by atoms with Crippen molar-refractivity contribution in [1.29, 1.82) is 0 Å². The molecule has 0 aliphatic heterocycles. The average Bonchev–Trinajstić information content (AvgIpc) is 2.92. The van der Waals surface area contributed by atoms with Crippen molar-refractivity contribution < 1.29 is 9.47 Å². The van der Waals surface area contributed by atoms with Gasteiger partial charge in [0, 0.05) is 31.5 Å². The van der Waals surface area contributed by atoms with Crippen LogP contribution in [0.25, 0.3) is 0 Å². The van der Waals surface area contributed by atoms with Crippen LogP contribution in [0.3, 0.4) is 0 Å². The molecule has 2 aromatic rings. The highest BCUT2D eigenvalue weighted by molar-refractivity contribution is 7.09. The fraction of sp³-hybridized carbons (Fsp3) is 0.385. The van der Waals surface area contributed by atoms with E-state index in [2.05, 4.69) is 26.7 Å². The van der Waals surface area contributed by atoms with Gasteiger partial charge in [0.05, 0.1) is 6.61 Å². The quantitative estimate of drug-likeness (QED) is 0.843. The van der Waals surface area contributed by atoms with E-state index in [-0.39, 0.29) is 0 Å². The number of hydrogen-bond acceptors (Lipinski definition) is 6. The van der Waals surface area contributed by atoms with Crippen molar-refractivity contribution in [2.24, 2.45) is 0 Å². The first kappa shape index (κ1) is 13.8. The smallest absolute Gasteiger partial charge is 0.218 e. The van der Waals surface area contributed by atoms with Crippen molar-refractivity contribution in [3.8, 4) is 5.88 Å². The second kappa shape index (κ2) is 7.06. The molecule has 0 aliphatic rings. The van der Waals surface area contributed by atoms with Crippen molar-refractivity contribution in [2.75, 3.05) is 26.1 Å². The van der Waals surface area contributed by atoms with Gasteiger partial charge in [-0.1, -0.05) is 6.07 Å². The van der Waals surface area contributed by atoms with Crippen LogP contribution in [-0.4, -0.2) is 30.7 Å².